The number of hydrogen-bond donors (Lipinski definition) is 0. The van der Waals surface area contributed by atoms with Crippen molar-refractivity contribution in [3.8, 4) is 0 Å². The molecule has 0 N–H and O–H groups in total. The highest BCUT2D eigenvalue weighted by molar-refractivity contribution is 5.60. The van der Waals surface area contributed by atoms with Crippen molar-refractivity contribution in [1.29, 1.82) is 0 Å². The molecular weight excluding hydrogens is 312 g/mol. The Hall–Kier alpha value is -2.46. The summed E-state index contributed by atoms with van der Waals surface area (Å²) in [6, 6.07) is 17.6. The molecule has 0 radical (unpaired) electrons. The van der Waals surface area contributed by atoms with Crippen LogP contribution < -0.4 is 0 Å². The molecule has 0 aromatic heterocycles. The molecule has 4 nitrogen and oxygen atoms in total. The number of rotatable bonds is 6. The predicted octanol–water partition coefficient (Wildman–Crippen LogP) is 4.56. The molecule has 0 amide bonds. The van der Waals surface area contributed by atoms with E-state index in [0.717, 1.165) is 25.6 Å². The summed E-state index contributed by atoms with van der Waals surface area (Å²) in [5.74, 6) is 0.762. The van der Waals surface area contributed by atoms with Crippen LogP contribution >= 0.6 is 0 Å². The molecule has 2 aromatic carbocycles. The molecule has 1 aliphatic rings. The summed E-state index contributed by atoms with van der Waals surface area (Å²) in [4.78, 5) is 13.1. The molecular formula is C21H24N2O2. The zero-order chi connectivity index (χ0) is 17.5. The molecule has 0 aliphatic carbocycles. The van der Waals surface area contributed by atoms with Crippen LogP contribution in [-0.2, 0) is 6.42 Å². The Morgan fingerprint density at radius 1 is 1.04 bits per heavy atom. The second kappa shape index (κ2) is 8.58. The minimum absolute atomic E-state index is 0.167. The minimum Gasteiger partial charge on any atom is -0.300 e. The predicted molar refractivity (Wildman–Crippen MR) is 101 cm³/mol. The minimum atomic E-state index is -0.325. The van der Waals surface area contributed by atoms with Crippen molar-refractivity contribution in [1.82, 2.24) is 4.90 Å². The second-order valence-electron chi connectivity index (χ2n) is 6.65. The summed E-state index contributed by atoms with van der Waals surface area (Å²) in [7, 11) is 0. The van der Waals surface area contributed by atoms with Gasteiger partial charge in [0.25, 0.3) is 5.69 Å². The molecule has 0 atom stereocenters. The Bertz CT molecular complexity index is 720. The quantitative estimate of drug-likeness (QED) is 0.574. The average Bonchev–Trinajstić information content (AvgIpc) is 2.64. The van der Waals surface area contributed by atoms with Crippen LogP contribution in [-0.4, -0.2) is 29.5 Å². The first-order valence-corrected chi connectivity index (χ1v) is 8.88. The summed E-state index contributed by atoms with van der Waals surface area (Å²) in [6.45, 7) is 3.04. The van der Waals surface area contributed by atoms with Crippen molar-refractivity contribution in [3.63, 3.8) is 0 Å². The number of para-hydroxylation sites is 1. The number of likely N-dealkylation sites (tertiary alicyclic amines) is 1. The lowest BCUT2D eigenvalue weighted by atomic mass is 9.90. The molecule has 1 heterocycles. The standard InChI is InChI=1S/C21H24N2O2/c24-23(25)21-11-5-4-9-20(21)10-6-14-22-15-12-19(13-16-22)17-18-7-2-1-3-8-18/h1-11,19H,12-17H2/b10-6+. The number of piperidine rings is 1. The van der Waals surface area contributed by atoms with E-state index in [2.05, 4.69) is 35.2 Å². The summed E-state index contributed by atoms with van der Waals surface area (Å²) < 4.78 is 0. The molecule has 0 saturated carbocycles. The SMILES string of the molecule is O=[N+]([O-])c1ccccc1/C=C/CN1CCC(Cc2ccccc2)CC1. The van der Waals surface area contributed by atoms with Crippen molar-refractivity contribution in [2.24, 2.45) is 5.92 Å². The Labute approximate surface area is 148 Å². The molecule has 1 saturated heterocycles. The van der Waals surface area contributed by atoms with Crippen LogP contribution in [0.5, 0.6) is 0 Å². The third-order valence-electron chi connectivity index (χ3n) is 4.87. The van der Waals surface area contributed by atoms with Gasteiger partial charge in [0, 0.05) is 12.6 Å². The highest BCUT2D eigenvalue weighted by Gasteiger charge is 2.18. The molecule has 25 heavy (non-hydrogen) atoms. The van der Waals surface area contributed by atoms with Crippen LogP contribution in [0.1, 0.15) is 24.0 Å². The largest absolute Gasteiger partial charge is 0.300 e. The van der Waals surface area contributed by atoms with Crippen molar-refractivity contribution >= 4 is 11.8 Å². The van der Waals surface area contributed by atoms with Gasteiger partial charge in [0.1, 0.15) is 0 Å². The van der Waals surface area contributed by atoms with Gasteiger partial charge in [-0.3, -0.25) is 15.0 Å². The van der Waals surface area contributed by atoms with E-state index in [4.69, 9.17) is 0 Å². The molecule has 0 spiro atoms. The van der Waals surface area contributed by atoms with Crippen LogP contribution in [0.4, 0.5) is 5.69 Å². The summed E-state index contributed by atoms with van der Waals surface area (Å²) in [6.07, 6.45) is 7.51. The maximum Gasteiger partial charge on any atom is 0.276 e. The second-order valence-corrected chi connectivity index (χ2v) is 6.65. The molecule has 2 aromatic rings. The van der Waals surface area contributed by atoms with Gasteiger partial charge in [-0.1, -0.05) is 54.6 Å². The zero-order valence-electron chi connectivity index (χ0n) is 14.4. The van der Waals surface area contributed by atoms with E-state index in [1.54, 1.807) is 18.2 Å². The summed E-state index contributed by atoms with van der Waals surface area (Å²) >= 11 is 0. The molecule has 0 unspecified atom stereocenters. The maximum absolute atomic E-state index is 11.0. The lowest BCUT2D eigenvalue weighted by Crippen LogP contribution is -2.34. The molecule has 1 fully saturated rings. The first kappa shape index (κ1) is 17.4. The highest BCUT2D eigenvalue weighted by atomic mass is 16.6. The van der Waals surface area contributed by atoms with Crippen LogP contribution in [0, 0.1) is 16.0 Å². The van der Waals surface area contributed by atoms with Crippen LogP contribution in [0.3, 0.4) is 0 Å². The van der Waals surface area contributed by atoms with E-state index in [1.165, 1.54) is 24.8 Å². The topological polar surface area (TPSA) is 46.4 Å². The van der Waals surface area contributed by atoms with E-state index < -0.39 is 0 Å². The van der Waals surface area contributed by atoms with Gasteiger partial charge < -0.3 is 0 Å². The number of nitro groups is 1. The molecule has 4 heteroatoms. The Morgan fingerprint density at radius 3 is 2.44 bits per heavy atom. The number of nitro benzene ring substituents is 1. The summed E-state index contributed by atoms with van der Waals surface area (Å²) in [5.41, 5.74) is 2.27. The van der Waals surface area contributed by atoms with E-state index in [0.29, 0.717) is 5.56 Å². The monoisotopic (exact) mass is 336 g/mol. The number of benzene rings is 2. The fourth-order valence-electron chi connectivity index (χ4n) is 3.44. The van der Waals surface area contributed by atoms with Crippen LogP contribution in [0.2, 0.25) is 0 Å². The lowest BCUT2D eigenvalue weighted by molar-refractivity contribution is -0.385. The van der Waals surface area contributed by atoms with Gasteiger partial charge in [-0.2, -0.15) is 0 Å². The van der Waals surface area contributed by atoms with E-state index in [9.17, 15) is 10.1 Å². The van der Waals surface area contributed by atoms with Gasteiger partial charge in [-0.25, -0.2) is 0 Å². The van der Waals surface area contributed by atoms with Gasteiger partial charge in [0.2, 0.25) is 0 Å². The average molecular weight is 336 g/mol. The van der Waals surface area contributed by atoms with E-state index in [1.807, 2.05) is 18.2 Å². The lowest BCUT2D eigenvalue weighted by Gasteiger charge is -2.31. The van der Waals surface area contributed by atoms with Gasteiger partial charge in [-0.15, -0.1) is 0 Å². The number of hydrogen-bond acceptors (Lipinski definition) is 3. The first-order valence-electron chi connectivity index (χ1n) is 8.88. The van der Waals surface area contributed by atoms with Crippen molar-refractivity contribution in [3.05, 3.63) is 81.9 Å². The first-order chi connectivity index (χ1) is 12.2. The molecule has 3 rings (SSSR count). The van der Waals surface area contributed by atoms with Gasteiger partial charge in [0.05, 0.1) is 10.5 Å². The fourth-order valence-corrected chi connectivity index (χ4v) is 3.44. The van der Waals surface area contributed by atoms with E-state index >= 15 is 0 Å². The fraction of sp³-hybridized carbons (Fsp3) is 0.333. The van der Waals surface area contributed by atoms with Crippen molar-refractivity contribution < 1.29 is 4.92 Å². The third kappa shape index (κ3) is 5.00. The number of nitrogens with zero attached hydrogens (tertiary/aromatic N) is 2. The molecule has 0 bridgehead atoms. The van der Waals surface area contributed by atoms with Gasteiger partial charge in [-0.05, 0) is 49.9 Å². The summed E-state index contributed by atoms with van der Waals surface area (Å²) in [5, 5.41) is 11.0. The smallest absolute Gasteiger partial charge is 0.276 e. The van der Waals surface area contributed by atoms with E-state index in [-0.39, 0.29) is 10.6 Å². The highest BCUT2D eigenvalue weighted by Crippen LogP contribution is 2.22. The maximum atomic E-state index is 11.0. The van der Waals surface area contributed by atoms with Gasteiger partial charge >= 0.3 is 0 Å². The Kier molecular flexibility index (Phi) is 5.96. The van der Waals surface area contributed by atoms with Crippen LogP contribution in [0.25, 0.3) is 6.08 Å². The van der Waals surface area contributed by atoms with Gasteiger partial charge in [0.15, 0.2) is 0 Å². The van der Waals surface area contributed by atoms with Crippen LogP contribution in [0.15, 0.2) is 60.7 Å². The Balaban J connectivity index is 1.47. The Morgan fingerprint density at radius 2 is 1.72 bits per heavy atom. The van der Waals surface area contributed by atoms with Crippen molar-refractivity contribution in [2.75, 3.05) is 19.6 Å². The molecule has 1 aliphatic heterocycles. The zero-order valence-corrected chi connectivity index (χ0v) is 14.4. The third-order valence-corrected chi connectivity index (χ3v) is 4.87. The van der Waals surface area contributed by atoms with Crippen molar-refractivity contribution in [2.45, 2.75) is 19.3 Å². The molecule has 130 valence electrons. The normalized spacial score (nSPS) is 16.3.